The Balaban J connectivity index is 2.99. The smallest absolute Gasteiger partial charge is 0.230 e. The van der Waals surface area contributed by atoms with Crippen LogP contribution in [-0.4, -0.2) is 23.4 Å². The molecule has 0 saturated carbocycles. The Kier molecular flexibility index (Phi) is 6.21. The molecule has 1 amide bonds. The monoisotopic (exact) mass is 276 g/mol. The number of amides is 1. The molecule has 0 bridgehead atoms. The first-order chi connectivity index (χ1) is 9.50. The van der Waals surface area contributed by atoms with Crippen LogP contribution in [0.25, 0.3) is 0 Å². The summed E-state index contributed by atoms with van der Waals surface area (Å²) in [4.78, 5) is 14.9. The third-order valence-electron chi connectivity index (χ3n) is 4.28. The summed E-state index contributed by atoms with van der Waals surface area (Å²) >= 11 is 0. The lowest BCUT2D eigenvalue weighted by Crippen LogP contribution is -2.49. The van der Waals surface area contributed by atoms with Crippen molar-refractivity contribution >= 4 is 5.91 Å². The highest BCUT2D eigenvalue weighted by atomic mass is 16.2. The first-order valence-corrected chi connectivity index (χ1v) is 7.55. The maximum Gasteiger partial charge on any atom is 0.230 e. The molecule has 3 nitrogen and oxygen atoms in total. The molecule has 0 saturated heterocycles. The molecule has 1 aromatic carbocycles. The zero-order valence-electron chi connectivity index (χ0n) is 13.2. The van der Waals surface area contributed by atoms with Crippen LogP contribution in [0.4, 0.5) is 0 Å². The largest absolute Gasteiger partial charge is 0.335 e. The van der Waals surface area contributed by atoms with E-state index in [0.717, 1.165) is 18.4 Å². The van der Waals surface area contributed by atoms with Gasteiger partial charge in [0.1, 0.15) is 0 Å². The van der Waals surface area contributed by atoms with Crippen molar-refractivity contribution in [2.24, 2.45) is 11.1 Å². The number of nitrogens with zero attached hydrogens (tertiary/aromatic N) is 1. The highest BCUT2D eigenvalue weighted by Crippen LogP contribution is 2.29. The molecule has 112 valence electrons. The van der Waals surface area contributed by atoms with E-state index in [0.29, 0.717) is 13.1 Å². The summed E-state index contributed by atoms with van der Waals surface area (Å²) in [6, 6.07) is 10.3. The SMILES string of the molecule is CCC(CC)(CN)C(=O)N(Cc1ccccc1)C(C)C. The van der Waals surface area contributed by atoms with Crippen molar-refractivity contribution in [1.29, 1.82) is 0 Å². The molecule has 20 heavy (non-hydrogen) atoms. The molecule has 1 aromatic rings. The van der Waals surface area contributed by atoms with Crippen LogP contribution in [0.15, 0.2) is 30.3 Å². The fourth-order valence-electron chi connectivity index (χ4n) is 2.50. The summed E-state index contributed by atoms with van der Waals surface area (Å²) in [6.45, 7) is 9.29. The van der Waals surface area contributed by atoms with Gasteiger partial charge in [-0.1, -0.05) is 44.2 Å². The lowest BCUT2D eigenvalue weighted by molar-refractivity contribution is -0.144. The zero-order valence-corrected chi connectivity index (χ0v) is 13.2. The molecule has 0 aliphatic carbocycles. The van der Waals surface area contributed by atoms with Crippen molar-refractivity contribution in [2.75, 3.05) is 6.54 Å². The Hall–Kier alpha value is -1.35. The minimum absolute atomic E-state index is 0.173. The molecule has 2 N–H and O–H groups in total. The molecular formula is C17H28N2O. The van der Waals surface area contributed by atoms with Crippen molar-refractivity contribution in [3.63, 3.8) is 0 Å². The summed E-state index contributed by atoms with van der Waals surface area (Å²) in [7, 11) is 0. The van der Waals surface area contributed by atoms with E-state index in [9.17, 15) is 4.79 Å². The van der Waals surface area contributed by atoms with Crippen LogP contribution in [0.5, 0.6) is 0 Å². The molecule has 0 heterocycles. The molecule has 0 unspecified atom stereocenters. The topological polar surface area (TPSA) is 46.3 Å². The van der Waals surface area contributed by atoms with Gasteiger partial charge in [-0.3, -0.25) is 4.79 Å². The van der Waals surface area contributed by atoms with Gasteiger partial charge in [0, 0.05) is 19.1 Å². The Morgan fingerprint density at radius 1 is 1.20 bits per heavy atom. The molecular weight excluding hydrogens is 248 g/mol. The van der Waals surface area contributed by atoms with Gasteiger partial charge < -0.3 is 10.6 Å². The quantitative estimate of drug-likeness (QED) is 0.831. The van der Waals surface area contributed by atoms with E-state index in [-0.39, 0.29) is 11.9 Å². The van der Waals surface area contributed by atoms with Gasteiger partial charge in [-0.05, 0) is 32.3 Å². The Morgan fingerprint density at radius 2 is 1.75 bits per heavy atom. The van der Waals surface area contributed by atoms with Crippen molar-refractivity contribution < 1.29 is 4.79 Å². The van der Waals surface area contributed by atoms with Gasteiger partial charge in [0.2, 0.25) is 5.91 Å². The molecule has 0 aliphatic rings. The molecule has 1 rings (SSSR count). The lowest BCUT2D eigenvalue weighted by atomic mass is 9.80. The predicted octanol–water partition coefficient (Wildman–Crippen LogP) is 3.19. The first kappa shape index (κ1) is 16.7. The summed E-state index contributed by atoms with van der Waals surface area (Å²) in [5.74, 6) is 0.184. The average molecular weight is 276 g/mol. The van der Waals surface area contributed by atoms with Crippen molar-refractivity contribution in [1.82, 2.24) is 4.90 Å². The van der Waals surface area contributed by atoms with Gasteiger partial charge in [0.15, 0.2) is 0 Å². The third-order valence-corrected chi connectivity index (χ3v) is 4.28. The fourth-order valence-corrected chi connectivity index (χ4v) is 2.50. The molecule has 0 aromatic heterocycles. The average Bonchev–Trinajstić information content (AvgIpc) is 2.47. The first-order valence-electron chi connectivity index (χ1n) is 7.55. The molecule has 0 radical (unpaired) electrons. The summed E-state index contributed by atoms with van der Waals surface area (Å²) < 4.78 is 0. The highest BCUT2D eigenvalue weighted by molar-refractivity contribution is 5.83. The van der Waals surface area contributed by atoms with Crippen LogP contribution in [0.2, 0.25) is 0 Å². The van der Waals surface area contributed by atoms with Crippen LogP contribution >= 0.6 is 0 Å². The van der Waals surface area contributed by atoms with Gasteiger partial charge in [-0.15, -0.1) is 0 Å². The Morgan fingerprint density at radius 3 is 2.15 bits per heavy atom. The number of carbonyl (C=O) groups excluding carboxylic acids is 1. The van der Waals surface area contributed by atoms with Gasteiger partial charge in [0.05, 0.1) is 5.41 Å². The predicted molar refractivity (Wildman–Crippen MR) is 84.2 cm³/mol. The minimum atomic E-state index is -0.418. The summed E-state index contributed by atoms with van der Waals surface area (Å²) in [5, 5.41) is 0. The lowest BCUT2D eigenvalue weighted by Gasteiger charge is -2.37. The van der Waals surface area contributed by atoms with E-state index in [4.69, 9.17) is 5.73 Å². The van der Waals surface area contributed by atoms with Crippen LogP contribution in [0, 0.1) is 5.41 Å². The molecule has 0 aliphatic heterocycles. The standard InChI is InChI=1S/C17H28N2O/c1-5-17(6-2,13-18)16(20)19(14(3)4)12-15-10-8-7-9-11-15/h7-11,14H,5-6,12-13,18H2,1-4H3. The Bertz CT molecular complexity index is 402. The second-order valence-corrected chi connectivity index (χ2v) is 5.70. The van der Waals surface area contributed by atoms with E-state index in [1.165, 1.54) is 0 Å². The van der Waals surface area contributed by atoms with E-state index >= 15 is 0 Å². The maximum atomic E-state index is 13.0. The molecule has 0 fully saturated rings. The number of rotatable bonds is 7. The normalized spacial score (nSPS) is 11.7. The molecule has 3 heteroatoms. The van der Waals surface area contributed by atoms with E-state index in [2.05, 4.69) is 39.8 Å². The van der Waals surface area contributed by atoms with E-state index in [1.807, 2.05) is 23.1 Å². The van der Waals surface area contributed by atoms with Gasteiger partial charge in [-0.2, -0.15) is 0 Å². The number of hydrogen-bond donors (Lipinski definition) is 1. The van der Waals surface area contributed by atoms with Crippen molar-refractivity contribution in [2.45, 2.75) is 53.1 Å². The number of hydrogen-bond acceptors (Lipinski definition) is 2. The minimum Gasteiger partial charge on any atom is -0.335 e. The highest BCUT2D eigenvalue weighted by Gasteiger charge is 2.37. The van der Waals surface area contributed by atoms with Gasteiger partial charge >= 0.3 is 0 Å². The van der Waals surface area contributed by atoms with E-state index in [1.54, 1.807) is 0 Å². The van der Waals surface area contributed by atoms with Crippen LogP contribution in [-0.2, 0) is 11.3 Å². The van der Waals surface area contributed by atoms with E-state index < -0.39 is 5.41 Å². The van der Waals surface area contributed by atoms with Crippen LogP contribution in [0.1, 0.15) is 46.1 Å². The van der Waals surface area contributed by atoms with Crippen LogP contribution in [0.3, 0.4) is 0 Å². The summed E-state index contributed by atoms with van der Waals surface area (Å²) in [6.07, 6.45) is 1.58. The Labute approximate surface area is 123 Å². The van der Waals surface area contributed by atoms with Crippen molar-refractivity contribution in [3.8, 4) is 0 Å². The number of carbonyl (C=O) groups is 1. The zero-order chi connectivity index (χ0) is 15.2. The molecule has 0 atom stereocenters. The number of nitrogens with two attached hydrogens (primary N) is 1. The second-order valence-electron chi connectivity index (χ2n) is 5.70. The fraction of sp³-hybridized carbons (Fsp3) is 0.588. The van der Waals surface area contributed by atoms with Crippen LogP contribution < -0.4 is 5.73 Å². The molecule has 0 spiro atoms. The van der Waals surface area contributed by atoms with Crippen molar-refractivity contribution in [3.05, 3.63) is 35.9 Å². The maximum absolute atomic E-state index is 13.0. The van der Waals surface area contributed by atoms with Gasteiger partial charge in [0.25, 0.3) is 0 Å². The second kappa shape index (κ2) is 7.44. The third kappa shape index (κ3) is 3.60. The number of benzene rings is 1. The summed E-state index contributed by atoms with van der Waals surface area (Å²) in [5.41, 5.74) is 6.66. The van der Waals surface area contributed by atoms with Gasteiger partial charge in [-0.25, -0.2) is 0 Å².